The van der Waals surface area contributed by atoms with Gasteiger partial charge in [0.1, 0.15) is 5.75 Å². The van der Waals surface area contributed by atoms with E-state index < -0.39 is 0 Å². The summed E-state index contributed by atoms with van der Waals surface area (Å²) in [7, 11) is 6.73. The molecule has 142 valence electrons. The summed E-state index contributed by atoms with van der Waals surface area (Å²) in [5.74, 6) is 1.36. The highest BCUT2D eigenvalue weighted by Gasteiger charge is 2.08. The zero-order valence-electron chi connectivity index (χ0n) is 15.5. The van der Waals surface area contributed by atoms with Crippen LogP contribution >= 0.6 is 24.0 Å². The van der Waals surface area contributed by atoms with Crippen LogP contribution in [0.1, 0.15) is 12.5 Å². The number of methoxy groups -OCH3 is 2. The predicted octanol–water partition coefficient (Wildman–Crippen LogP) is 1.47. The summed E-state index contributed by atoms with van der Waals surface area (Å²) < 4.78 is 10.3. The largest absolute Gasteiger partial charge is 0.497 e. The normalized spacial score (nSPS) is 12.0. The molecule has 1 unspecified atom stereocenters. The van der Waals surface area contributed by atoms with Gasteiger partial charge in [0.15, 0.2) is 5.96 Å². The zero-order valence-corrected chi connectivity index (χ0v) is 17.9. The summed E-state index contributed by atoms with van der Waals surface area (Å²) in [5.41, 5.74) is 1.05. The quantitative estimate of drug-likeness (QED) is 0.347. The van der Waals surface area contributed by atoms with E-state index in [4.69, 9.17) is 9.47 Å². The van der Waals surface area contributed by atoms with Gasteiger partial charge >= 0.3 is 0 Å². The first-order valence-electron chi connectivity index (χ1n) is 7.83. The maximum absolute atomic E-state index is 11.7. The van der Waals surface area contributed by atoms with Crippen molar-refractivity contribution in [2.24, 2.45) is 4.99 Å². The van der Waals surface area contributed by atoms with Crippen LogP contribution in [0.5, 0.6) is 5.75 Å². The second kappa shape index (κ2) is 12.8. The lowest BCUT2D eigenvalue weighted by Crippen LogP contribution is -2.47. The average molecular weight is 464 g/mol. The van der Waals surface area contributed by atoms with Gasteiger partial charge in [0, 0.05) is 27.2 Å². The summed E-state index contributed by atoms with van der Waals surface area (Å²) in [6.07, 6.45) is 0. The molecule has 0 heterocycles. The maximum atomic E-state index is 11.7. The van der Waals surface area contributed by atoms with Crippen molar-refractivity contribution in [2.75, 3.05) is 41.5 Å². The van der Waals surface area contributed by atoms with Gasteiger partial charge in [-0.05, 0) is 24.6 Å². The van der Waals surface area contributed by atoms with E-state index in [-0.39, 0.29) is 42.5 Å². The van der Waals surface area contributed by atoms with Crippen molar-refractivity contribution in [1.29, 1.82) is 0 Å². The van der Waals surface area contributed by atoms with Crippen molar-refractivity contribution in [3.63, 3.8) is 0 Å². The lowest BCUT2D eigenvalue weighted by atomic mass is 10.2. The van der Waals surface area contributed by atoms with Gasteiger partial charge in [0.05, 0.1) is 26.8 Å². The summed E-state index contributed by atoms with van der Waals surface area (Å²) in [4.78, 5) is 17.8. The van der Waals surface area contributed by atoms with Crippen LogP contribution < -0.4 is 15.4 Å². The van der Waals surface area contributed by atoms with Gasteiger partial charge in [-0.3, -0.25) is 4.79 Å². The fourth-order valence-corrected chi connectivity index (χ4v) is 1.90. The molecule has 8 heteroatoms. The van der Waals surface area contributed by atoms with Crippen LogP contribution in [0.25, 0.3) is 0 Å². The Morgan fingerprint density at radius 1 is 1.24 bits per heavy atom. The van der Waals surface area contributed by atoms with Gasteiger partial charge in [-0.1, -0.05) is 12.1 Å². The van der Waals surface area contributed by atoms with Gasteiger partial charge in [0.25, 0.3) is 0 Å². The number of likely N-dealkylation sites (N-methyl/N-ethyl adjacent to an activating group) is 1. The van der Waals surface area contributed by atoms with Crippen molar-refractivity contribution >= 4 is 35.8 Å². The van der Waals surface area contributed by atoms with E-state index in [1.165, 1.54) is 4.90 Å². The molecule has 1 aromatic carbocycles. The monoisotopic (exact) mass is 464 g/mol. The average Bonchev–Trinajstić information content (AvgIpc) is 2.57. The van der Waals surface area contributed by atoms with Crippen LogP contribution in [0.15, 0.2) is 29.3 Å². The smallest absolute Gasteiger partial charge is 0.241 e. The molecule has 0 aliphatic carbocycles. The number of carbonyl (C=O) groups is 1. The third-order valence-corrected chi connectivity index (χ3v) is 3.28. The highest BCUT2D eigenvalue weighted by molar-refractivity contribution is 14.0. The molecule has 1 atom stereocenters. The molecular weight excluding hydrogens is 435 g/mol. The zero-order chi connectivity index (χ0) is 17.9. The molecule has 7 nitrogen and oxygen atoms in total. The molecule has 0 bridgehead atoms. The summed E-state index contributed by atoms with van der Waals surface area (Å²) >= 11 is 0. The number of hydrogen-bond donors (Lipinski definition) is 2. The molecule has 2 N–H and O–H groups in total. The number of amides is 1. The number of ether oxygens (including phenoxy) is 2. The lowest BCUT2D eigenvalue weighted by molar-refractivity contribution is -0.127. The molecule has 0 aliphatic heterocycles. The predicted molar refractivity (Wildman–Crippen MR) is 111 cm³/mol. The highest BCUT2D eigenvalue weighted by Crippen LogP contribution is 2.11. The minimum atomic E-state index is -0.0201. The van der Waals surface area contributed by atoms with E-state index in [0.29, 0.717) is 19.1 Å². The minimum absolute atomic E-state index is 0. The molecule has 1 aromatic rings. The van der Waals surface area contributed by atoms with Crippen LogP contribution in [0, 0.1) is 0 Å². The first-order valence-corrected chi connectivity index (χ1v) is 7.83. The first-order chi connectivity index (χ1) is 11.5. The third-order valence-electron chi connectivity index (χ3n) is 3.28. The fourth-order valence-electron chi connectivity index (χ4n) is 1.90. The number of benzene rings is 1. The Morgan fingerprint density at radius 3 is 2.40 bits per heavy atom. The first kappa shape index (κ1) is 23.4. The van der Waals surface area contributed by atoms with Crippen LogP contribution in [-0.2, 0) is 16.1 Å². The van der Waals surface area contributed by atoms with Crippen LogP contribution in [0.3, 0.4) is 0 Å². The van der Waals surface area contributed by atoms with E-state index in [2.05, 4.69) is 15.6 Å². The molecule has 1 rings (SSSR count). The van der Waals surface area contributed by atoms with Crippen molar-refractivity contribution in [1.82, 2.24) is 15.5 Å². The number of rotatable bonds is 8. The summed E-state index contributed by atoms with van der Waals surface area (Å²) in [6.45, 7) is 3.21. The number of carbonyl (C=O) groups excluding carboxylic acids is 1. The molecule has 0 aromatic heterocycles. The van der Waals surface area contributed by atoms with Crippen LogP contribution in [-0.4, -0.2) is 64.3 Å². The van der Waals surface area contributed by atoms with Crippen molar-refractivity contribution in [2.45, 2.75) is 19.5 Å². The molecule has 0 saturated carbocycles. The van der Waals surface area contributed by atoms with Gasteiger partial charge in [-0.15, -0.1) is 24.0 Å². The molecule has 0 saturated heterocycles. The van der Waals surface area contributed by atoms with Crippen LogP contribution in [0.4, 0.5) is 0 Å². The number of halogens is 1. The second-order valence-corrected chi connectivity index (χ2v) is 5.66. The Bertz CT molecular complexity index is 535. The second-order valence-electron chi connectivity index (χ2n) is 5.66. The number of aliphatic imine (C=N–C) groups is 1. The van der Waals surface area contributed by atoms with Gasteiger partial charge in [-0.2, -0.15) is 0 Å². The van der Waals surface area contributed by atoms with Gasteiger partial charge < -0.3 is 25.0 Å². The van der Waals surface area contributed by atoms with Crippen molar-refractivity contribution in [3.8, 4) is 5.75 Å². The molecular formula is C17H29IN4O3. The van der Waals surface area contributed by atoms with E-state index in [9.17, 15) is 4.79 Å². The van der Waals surface area contributed by atoms with E-state index in [0.717, 1.165) is 11.3 Å². The third kappa shape index (κ3) is 9.49. The molecule has 1 amide bonds. The molecule has 0 spiro atoms. The number of hydrogen-bond acceptors (Lipinski definition) is 4. The lowest BCUT2D eigenvalue weighted by Gasteiger charge is -2.18. The van der Waals surface area contributed by atoms with E-state index >= 15 is 0 Å². The van der Waals surface area contributed by atoms with E-state index in [1.807, 2.05) is 31.2 Å². The van der Waals surface area contributed by atoms with Crippen molar-refractivity contribution < 1.29 is 14.3 Å². The highest BCUT2D eigenvalue weighted by atomic mass is 127. The SMILES string of the molecule is COCC(C)NC(=NCc1ccc(OC)cc1)NCC(=O)N(C)C.I. The molecule has 0 aliphatic rings. The number of nitrogens with zero attached hydrogens (tertiary/aromatic N) is 2. The van der Waals surface area contributed by atoms with E-state index in [1.54, 1.807) is 28.3 Å². The minimum Gasteiger partial charge on any atom is -0.497 e. The number of guanidine groups is 1. The summed E-state index contributed by atoms with van der Waals surface area (Å²) in [6, 6.07) is 7.79. The number of nitrogens with one attached hydrogen (secondary N) is 2. The molecule has 0 fully saturated rings. The Balaban J connectivity index is 0.00000576. The Morgan fingerprint density at radius 2 is 1.88 bits per heavy atom. The Labute approximate surface area is 167 Å². The van der Waals surface area contributed by atoms with Gasteiger partial charge in [0.2, 0.25) is 5.91 Å². The topological polar surface area (TPSA) is 75.2 Å². The maximum Gasteiger partial charge on any atom is 0.241 e. The fraction of sp³-hybridized carbons (Fsp3) is 0.529. The molecule has 0 radical (unpaired) electrons. The van der Waals surface area contributed by atoms with Crippen molar-refractivity contribution in [3.05, 3.63) is 29.8 Å². The molecule has 25 heavy (non-hydrogen) atoms. The standard InChI is InChI=1S/C17H28N4O3.HI/c1-13(12-23-4)20-17(19-11-16(22)21(2)3)18-10-14-6-8-15(24-5)9-7-14;/h6-9,13H,10-12H2,1-5H3,(H2,18,19,20);1H. The van der Waals surface area contributed by atoms with Crippen LogP contribution in [0.2, 0.25) is 0 Å². The Hall–Kier alpha value is -1.55. The summed E-state index contributed by atoms with van der Waals surface area (Å²) in [5, 5.41) is 6.27. The Kier molecular flexibility index (Phi) is 12.0. The van der Waals surface area contributed by atoms with Gasteiger partial charge in [-0.25, -0.2) is 4.99 Å².